The number of halogens is 1. The molecule has 0 aliphatic rings. The lowest BCUT2D eigenvalue weighted by Gasteiger charge is -2.13. The summed E-state index contributed by atoms with van der Waals surface area (Å²) in [6, 6.07) is 14.6. The van der Waals surface area contributed by atoms with E-state index < -0.39 is 0 Å². The summed E-state index contributed by atoms with van der Waals surface area (Å²) in [7, 11) is 3.11. The van der Waals surface area contributed by atoms with Crippen molar-refractivity contribution in [2.75, 3.05) is 19.5 Å². The number of hydrogen-bond acceptors (Lipinski definition) is 6. The summed E-state index contributed by atoms with van der Waals surface area (Å²) in [5.41, 5.74) is 3.47. The Balaban J connectivity index is 1.44. The van der Waals surface area contributed by atoms with Crippen molar-refractivity contribution in [3.8, 4) is 17.2 Å². The Morgan fingerprint density at radius 3 is 2.43 bits per heavy atom. The van der Waals surface area contributed by atoms with Gasteiger partial charge in [0.05, 0.1) is 37.8 Å². The number of methoxy groups -OCH3 is 2. The molecule has 0 bridgehead atoms. The van der Waals surface area contributed by atoms with E-state index in [2.05, 4.69) is 15.5 Å². The van der Waals surface area contributed by atoms with Gasteiger partial charge in [0.2, 0.25) is 5.75 Å². The molecule has 2 aromatic heterocycles. The maximum Gasteiger partial charge on any atom is 0.276 e. The molecule has 1 amide bonds. The van der Waals surface area contributed by atoms with E-state index in [0.29, 0.717) is 40.2 Å². The number of aromatic nitrogens is 4. The first-order chi connectivity index (χ1) is 16.9. The third-order valence-corrected chi connectivity index (χ3v) is 5.67. The maximum absolute atomic E-state index is 12.9. The standard InChI is InChI=1S/C25H26ClN5O4/c1-16-23(17(2)31(28-16)14-18-7-5-8-19(26)13-18)27-25(32)20-11-12-30(29-20)15-35-24-21(33-3)9-6-10-22(24)34-4/h5-13H,14-15H2,1-4H3,(H,27,32). The van der Waals surface area contributed by atoms with Gasteiger partial charge in [0.15, 0.2) is 23.9 Å². The molecule has 10 heteroatoms. The van der Waals surface area contributed by atoms with Crippen LogP contribution in [0.3, 0.4) is 0 Å². The van der Waals surface area contributed by atoms with Crippen LogP contribution in [0.5, 0.6) is 17.2 Å². The topological polar surface area (TPSA) is 92.4 Å². The molecule has 0 fully saturated rings. The Morgan fingerprint density at radius 1 is 1.03 bits per heavy atom. The van der Waals surface area contributed by atoms with E-state index in [9.17, 15) is 4.79 Å². The van der Waals surface area contributed by atoms with Crippen LogP contribution >= 0.6 is 11.6 Å². The molecule has 0 saturated heterocycles. The van der Waals surface area contributed by atoms with E-state index >= 15 is 0 Å². The van der Waals surface area contributed by atoms with Crippen molar-refractivity contribution < 1.29 is 19.0 Å². The van der Waals surface area contributed by atoms with Gasteiger partial charge in [-0.2, -0.15) is 10.2 Å². The quantitative estimate of drug-likeness (QED) is 0.361. The smallest absolute Gasteiger partial charge is 0.276 e. The highest BCUT2D eigenvalue weighted by atomic mass is 35.5. The summed E-state index contributed by atoms with van der Waals surface area (Å²) in [5.74, 6) is 1.19. The molecule has 4 aromatic rings. The first-order valence-electron chi connectivity index (χ1n) is 10.9. The van der Waals surface area contributed by atoms with Crippen LogP contribution in [0.4, 0.5) is 5.69 Å². The number of ether oxygens (including phenoxy) is 3. The Hall–Kier alpha value is -3.98. The Morgan fingerprint density at radius 2 is 1.74 bits per heavy atom. The molecule has 0 unspecified atom stereocenters. The van der Waals surface area contributed by atoms with E-state index in [4.69, 9.17) is 25.8 Å². The van der Waals surface area contributed by atoms with E-state index in [0.717, 1.165) is 11.3 Å². The van der Waals surface area contributed by atoms with Crippen LogP contribution in [0.1, 0.15) is 27.4 Å². The monoisotopic (exact) mass is 495 g/mol. The van der Waals surface area contributed by atoms with Gasteiger partial charge in [-0.15, -0.1) is 0 Å². The number of para-hydroxylation sites is 1. The lowest BCUT2D eigenvalue weighted by atomic mass is 10.2. The maximum atomic E-state index is 12.9. The fraction of sp³-hybridized carbons (Fsp3) is 0.240. The number of amides is 1. The number of nitrogens with one attached hydrogen (secondary N) is 1. The lowest BCUT2D eigenvalue weighted by Crippen LogP contribution is -2.15. The molecule has 0 spiro atoms. The van der Waals surface area contributed by atoms with Gasteiger partial charge < -0.3 is 19.5 Å². The van der Waals surface area contributed by atoms with Gasteiger partial charge in [0.25, 0.3) is 5.91 Å². The van der Waals surface area contributed by atoms with Crippen molar-refractivity contribution in [1.82, 2.24) is 19.6 Å². The predicted octanol–water partition coefficient (Wildman–Crippen LogP) is 4.70. The van der Waals surface area contributed by atoms with Crippen molar-refractivity contribution in [1.29, 1.82) is 0 Å². The van der Waals surface area contributed by atoms with Gasteiger partial charge in [0, 0.05) is 11.2 Å². The summed E-state index contributed by atoms with van der Waals surface area (Å²) >= 11 is 6.10. The zero-order valence-electron chi connectivity index (χ0n) is 19.9. The minimum atomic E-state index is -0.341. The number of nitrogens with zero attached hydrogens (tertiary/aromatic N) is 4. The highest BCUT2D eigenvalue weighted by Crippen LogP contribution is 2.36. The van der Waals surface area contributed by atoms with Crippen molar-refractivity contribution in [2.24, 2.45) is 0 Å². The van der Waals surface area contributed by atoms with Gasteiger partial charge in [-0.05, 0) is 49.7 Å². The summed E-state index contributed by atoms with van der Waals surface area (Å²) in [5, 5.41) is 12.5. The van der Waals surface area contributed by atoms with Gasteiger partial charge in [0.1, 0.15) is 0 Å². The number of anilines is 1. The molecule has 0 radical (unpaired) electrons. The van der Waals surface area contributed by atoms with Crippen molar-refractivity contribution in [3.05, 3.63) is 82.4 Å². The zero-order chi connectivity index (χ0) is 24.9. The zero-order valence-corrected chi connectivity index (χ0v) is 20.7. The van der Waals surface area contributed by atoms with E-state index in [1.165, 1.54) is 4.68 Å². The molecule has 2 heterocycles. The molecule has 0 atom stereocenters. The summed E-state index contributed by atoms with van der Waals surface area (Å²) in [4.78, 5) is 12.9. The van der Waals surface area contributed by atoms with Crippen LogP contribution in [0, 0.1) is 13.8 Å². The van der Waals surface area contributed by atoms with E-state index in [-0.39, 0.29) is 18.3 Å². The van der Waals surface area contributed by atoms with Gasteiger partial charge in [-0.25, -0.2) is 4.68 Å². The summed E-state index contributed by atoms with van der Waals surface area (Å²) < 4.78 is 19.9. The fourth-order valence-corrected chi connectivity index (χ4v) is 3.88. The molecule has 35 heavy (non-hydrogen) atoms. The van der Waals surface area contributed by atoms with Crippen LogP contribution in [0.2, 0.25) is 5.02 Å². The highest BCUT2D eigenvalue weighted by Gasteiger charge is 2.18. The van der Waals surface area contributed by atoms with Gasteiger partial charge in [-0.3, -0.25) is 9.48 Å². The molecule has 0 saturated carbocycles. The second kappa shape index (κ2) is 10.5. The van der Waals surface area contributed by atoms with Crippen LogP contribution in [-0.4, -0.2) is 39.7 Å². The number of hydrogen-bond donors (Lipinski definition) is 1. The molecule has 2 aromatic carbocycles. The average molecular weight is 496 g/mol. The largest absolute Gasteiger partial charge is 0.493 e. The summed E-state index contributed by atoms with van der Waals surface area (Å²) in [6.45, 7) is 4.37. The van der Waals surface area contributed by atoms with Crippen LogP contribution in [0.15, 0.2) is 54.7 Å². The highest BCUT2D eigenvalue weighted by molar-refractivity contribution is 6.30. The Kier molecular flexibility index (Phi) is 7.26. The van der Waals surface area contributed by atoms with Crippen molar-refractivity contribution >= 4 is 23.2 Å². The first-order valence-corrected chi connectivity index (χ1v) is 11.2. The second-order valence-corrected chi connectivity index (χ2v) is 8.23. The SMILES string of the molecule is COc1cccc(OC)c1OCn1ccc(C(=O)Nc2c(C)nn(Cc3cccc(Cl)c3)c2C)n1. The van der Waals surface area contributed by atoms with Crippen molar-refractivity contribution in [3.63, 3.8) is 0 Å². The molecular weight excluding hydrogens is 470 g/mol. The Labute approximate surface area is 208 Å². The second-order valence-electron chi connectivity index (χ2n) is 7.79. The molecule has 0 aliphatic heterocycles. The normalized spacial score (nSPS) is 10.8. The fourth-order valence-electron chi connectivity index (χ4n) is 3.66. The van der Waals surface area contributed by atoms with E-state index in [1.807, 2.05) is 48.9 Å². The molecule has 0 aliphatic carbocycles. The average Bonchev–Trinajstić information content (AvgIpc) is 3.43. The number of benzene rings is 2. The van der Waals surface area contributed by atoms with E-state index in [1.54, 1.807) is 38.6 Å². The van der Waals surface area contributed by atoms with Crippen LogP contribution < -0.4 is 19.5 Å². The van der Waals surface area contributed by atoms with Crippen LogP contribution in [-0.2, 0) is 13.3 Å². The predicted molar refractivity (Wildman–Crippen MR) is 133 cm³/mol. The molecule has 1 N–H and O–H groups in total. The molecule has 4 rings (SSSR count). The molecule has 182 valence electrons. The third kappa shape index (κ3) is 5.41. The first kappa shape index (κ1) is 24.2. The Bertz CT molecular complexity index is 1330. The minimum absolute atomic E-state index is 0.0691. The number of carbonyl (C=O) groups excluding carboxylic acids is 1. The molecule has 9 nitrogen and oxygen atoms in total. The summed E-state index contributed by atoms with van der Waals surface area (Å²) in [6.07, 6.45) is 1.67. The van der Waals surface area contributed by atoms with Crippen LogP contribution in [0.25, 0.3) is 0 Å². The van der Waals surface area contributed by atoms with Gasteiger partial charge in [-0.1, -0.05) is 29.8 Å². The lowest BCUT2D eigenvalue weighted by molar-refractivity contribution is 0.102. The molecular formula is C25H26ClN5O4. The number of aryl methyl sites for hydroxylation is 1. The number of carbonyl (C=O) groups is 1. The minimum Gasteiger partial charge on any atom is -0.493 e. The number of rotatable bonds is 9. The third-order valence-electron chi connectivity index (χ3n) is 5.44. The van der Waals surface area contributed by atoms with Gasteiger partial charge >= 0.3 is 0 Å². The van der Waals surface area contributed by atoms with Crippen molar-refractivity contribution in [2.45, 2.75) is 27.1 Å².